The second-order valence-corrected chi connectivity index (χ2v) is 14.4. The van der Waals surface area contributed by atoms with E-state index in [2.05, 4.69) is 27.5 Å². The van der Waals surface area contributed by atoms with Crippen molar-refractivity contribution in [3.8, 4) is 5.75 Å². The number of carbonyl (C=O) groups is 2. The van der Waals surface area contributed by atoms with E-state index in [4.69, 9.17) is 9.47 Å². The van der Waals surface area contributed by atoms with Crippen LogP contribution in [0.1, 0.15) is 87.3 Å². The minimum atomic E-state index is -3.76. The maximum absolute atomic E-state index is 13.6. The summed E-state index contributed by atoms with van der Waals surface area (Å²) in [5.41, 5.74) is 6.34. The van der Waals surface area contributed by atoms with Crippen molar-refractivity contribution in [1.82, 2.24) is 9.29 Å². The Labute approximate surface area is 246 Å². The number of nitrogens with zero attached hydrogens (tertiary/aromatic N) is 1. The van der Waals surface area contributed by atoms with Gasteiger partial charge in [0.15, 0.2) is 0 Å². The summed E-state index contributed by atoms with van der Waals surface area (Å²) < 4.78 is 41.9. The minimum absolute atomic E-state index is 0.294. The number of methoxy groups -OCH3 is 2. The number of carbonyl (C=O) groups excluding carboxylic acids is 2. The third-order valence-electron chi connectivity index (χ3n) is 10.2. The number of sulfonamides is 1. The summed E-state index contributed by atoms with van der Waals surface area (Å²) >= 11 is 0. The summed E-state index contributed by atoms with van der Waals surface area (Å²) in [6, 6.07) is 6.40. The van der Waals surface area contributed by atoms with Gasteiger partial charge in [-0.15, -0.1) is 0 Å². The summed E-state index contributed by atoms with van der Waals surface area (Å²) in [4.78, 5) is 26.8. The van der Waals surface area contributed by atoms with E-state index in [1.54, 1.807) is 7.11 Å². The molecule has 1 amide bonds. The van der Waals surface area contributed by atoms with Crippen molar-refractivity contribution in [2.45, 2.75) is 87.8 Å². The number of esters is 1. The number of benzene rings is 1. The van der Waals surface area contributed by atoms with E-state index in [1.165, 1.54) is 31.9 Å². The predicted molar refractivity (Wildman–Crippen MR) is 160 cm³/mol. The Hall–Kier alpha value is -3.33. The number of aromatic nitrogens is 1. The van der Waals surface area contributed by atoms with Crippen molar-refractivity contribution in [2.75, 3.05) is 14.2 Å². The van der Waals surface area contributed by atoms with Gasteiger partial charge >= 0.3 is 5.97 Å². The zero-order valence-corrected chi connectivity index (χ0v) is 25.1. The van der Waals surface area contributed by atoms with Crippen LogP contribution in [-0.4, -0.2) is 44.3 Å². The highest BCUT2D eigenvalue weighted by atomic mass is 32.2. The van der Waals surface area contributed by atoms with Crippen LogP contribution >= 0.6 is 0 Å². The van der Waals surface area contributed by atoms with Gasteiger partial charge in [0.1, 0.15) is 5.75 Å². The van der Waals surface area contributed by atoms with Crippen molar-refractivity contribution in [3.63, 3.8) is 0 Å². The normalized spacial score (nSPS) is 24.2. The van der Waals surface area contributed by atoms with Gasteiger partial charge in [-0.1, -0.05) is 50.3 Å². The smallest absolute Gasteiger partial charge is 0.309 e. The molecule has 42 heavy (non-hydrogen) atoms. The van der Waals surface area contributed by atoms with Gasteiger partial charge in [0.05, 0.1) is 36.5 Å². The van der Waals surface area contributed by atoms with E-state index >= 15 is 0 Å². The van der Waals surface area contributed by atoms with Crippen molar-refractivity contribution in [2.24, 2.45) is 5.92 Å². The summed E-state index contributed by atoms with van der Waals surface area (Å²) in [6.07, 6.45) is 13.3. The molecule has 5 aliphatic rings. The molecule has 2 saturated carbocycles. The van der Waals surface area contributed by atoms with E-state index in [0.29, 0.717) is 37.3 Å². The molecule has 0 bridgehead atoms. The molecule has 222 valence electrons. The van der Waals surface area contributed by atoms with Gasteiger partial charge in [-0.05, 0) is 72.4 Å². The Morgan fingerprint density at radius 2 is 1.74 bits per heavy atom. The quantitative estimate of drug-likeness (QED) is 0.443. The van der Waals surface area contributed by atoms with E-state index < -0.39 is 27.1 Å². The standard InChI is InChI=1S/C33H38N2O6S/c1-40-27-16-15-21(19-9-4-3-5-10-19)31-24(27)17-26-28-22(13-8-14-23(28)33(37)41-2)29-25(18-35(26)31)30(29)32(36)34-42(38,39)20-11-6-7-12-20/h8,13,15-17,19-20,23,28H,3-7,9-12,14,18H2,1-2H3,(H,34,36)/t23-,28?/m1/s1. The van der Waals surface area contributed by atoms with Crippen LogP contribution in [0.2, 0.25) is 0 Å². The summed E-state index contributed by atoms with van der Waals surface area (Å²) in [6.45, 7) is 0.440. The molecule has 8 nitrogen and oxygen atoms in total. The van der Waals surface area contributed by atoms with Crippen LogP contribution in [-0.2, 0) is 30.9 Å². The number of nitrogens with one attached hydrogen (secondary N) is 1. The van der Waals surface area contributed by atoms with E-state index in [9.17, 15) is 18.0 Å². The molecule has 1 aliphatic heterocycles. The first-order valence-electron chi connectivity index (χ1n) is 15.3. The number of amides is 1. The lowest BCUT2D eigenvalue weighted by molar-refractivity contribution is -0.146. The summed E-state index contributed by atoms with van der Waals surface area (Å²) in [5.74, 6) is -0.433. The molecule has 1 unspecified atom stereocenters. The molecule has 2 atom stereocenters. The van der Waals surface area contributed by atoms with Gasteiger partial charge in [0.2, 0.25) is 10.0 Å². The first kappa shape index (κ1) is 27.5. The topological polar surface area (TPSA) is 104 Å². The fourth-order valence-corrected chi connectivity index (χ4v) is 9.59. The third-order valence-corrected chi connectivity index (χ3v) is 12.0. The van der Waals surface area contributed by atoms with Crippen LogP contribution in [0.15, 0.2) is 52.6 Å². The van der Waals surface area contributed by atoms with Crippen LogP contribution in [0.25, 0.3) is 10.9 Å². The zero-order valence-electron chi connectivity index (χ0n) is 24.3. The first-order chi connectivity index (χ1) is 20.3. The van der Waals surface area contributed by atoms with Crippen molar-refractivity contribution in [1.29, 1.82) is 0 Å². The molecule has 0 spiro atoms. The van der Waals surface area contributed by atoms with Crippen LogP contribution in [0.4, 0.5) is 0 Å². The lowest BCUT2D eigenvalue weighted by Gasteiger charge is -2.29. The number of allylic oxidation sites excluding steroid dienone is 4. The molecule has 2 aromatic rings. The molecule has 0 radical (unpaired) electrons. The van der Waals surface area contributed by atoms with Crippen LogP contribution < -0.4 is 9.46 Å². The van der Waals surface area contributed by atoms with Crippen LogP contribution in [0.3, 0.4) is 0 Å². The average Bonchev–Trinajstić information content (AvgIpc) is 3.29. The SMILES string of the molecule is COC(=O)[C@@H]1CC=CC2=C3C(=C3C(=O)NS(=O)(=O)C3CCCC3)Cn3c(cc4c(OC)ccc(C5CCCCC5)c43)C21. The second-order valence-electron chi connectivity index (χ2n) is 12.4. The maximum Gasteiger partial charge on any atom is 0.309 e. The van der Waals surface area contributed by atoms with E-state index in [-0.39, 0.29) is 11.9 Å². The van der Waals surface area contributed by atoms with E-state index in [0.717, 1.165) is 64.7 Å². The molecular formula is C33H38N2O6S. The van der Waals surface area contributed by atoms with Gasteiger partial charge < -0.3 is 14.0 Å². The lowest BCUT2D eigenvalue weighted by atomic mass is 9.76. The molecule has 7 rings (SSSR count). The van der Waals surface area contributed by atoms with Crippen LogP contribution in [0, 0.1) is 5.92 Å². The molecule has 0 saturated heterocycles. The Morgan fingerprint density at radius 3 is 2.45 bits per heavy atom. The van der Waals surface area contributed by atoms with Crippen LogP contribution in [0.5, 0.6) is 5.75 Å². The van der Waals surface area contributed by atoms with Crippen molar-refractivity contribution in [3.05, 3.63) is 63.9 Å². The maximum atomic E-state index is 13.6. The molecule has 4 aliphatic carbocycles. The minimum Gasteiger partial charge on any atom is -0.496 e. The average molecular weight is 591 g/mol. The Balaban J connectivity index is 1.39. The van der Waals surface area contributed by atoms with Crippen molar-refractivity contribution < 1.29 is 27.5 Å². The number of fused-ring (bicyclic) bond motifs is 6. The van der Waals surface area contributed by atoms with Gasteiger partial charge in [-0.3, -0.25) is 9.59 Å². The van der Waals surface area contributed by atoms with Gasteiger partial charge in [-0.25, -0.2) is 13.1 Å². The Bertz CT molecular complexity index is 1680. The number of ether oxygens (including phenoxy) is 2. The molecule has 1 aromatic carbocycles. The van der Waals surface area contributed by atoms with Gasteiger partial charge in [0.25, 0.3) is 5.91 Å². The number of hydrogen-bond acceptors (Lipinski definition) is 6. The fraction of sp³-hybridized carbons (Fsp3) is 0.515. The zero-order chi connectivity index (χ0) is 29.2. The van der Waals surface area contributed by atoms with E-state index in [1.807, 2.05) is 12.2 Å². The third kappa shape index (κ3) is 4.34. The highest BCUT2D eigenvalue weighted by Gasteiger charge is 2.48. The molecule has 2 fully saturated rings. The monoisotopic (exact) mass is 590 g/mol. The molecular weight excluding hydrogens is 552 g/mol. The number of hydrogen-bond donors (Lipinski definition) is 1. The highest BCUT2D eigenvalue weighted by molar-refractivity contribution is 7.90. The second kappa shape index (κ2) is 10.4. The Kier molecular flexibility index (Phi) is 6.83. The largest absolute Gasteiger partial charge is 0.496 e. The summed E-state index contributed by atoms with van der Waals surface area (Å²) in [5, 5.41) is 0.484. The highest BCUT2D eigenvalue weighted by Crippen LogP contribution is 2.55. The van der Waals surface area contributed by atoms with Gasteiger partial charge in [-0.2, -0.15) is 0 Å². The molecule has 2 heterocycles. The Morgan fingerprint density at radius 1 is 1.00 bits per heavy atom. The van der Waals surface area contributed by atoms with Crippen molar-refractivity contribution >= 4 is 32.8 Å². The first-order valence-corrected chi connectivity index (χ1v) is 16.9. The molecule has 1 N–H and O–H groups in total. The lowest BCUT2D eigenvalue weighted by Crippen LogP contribution is -2.37. The van der Waals surface area contributed by atoms with Gasteiger partial charge in [0, 0.05) is 23.5 Å². The fourth-order valence-electron chi connectivity index (χ4n) is 8.11. The predicted octanol–water partition coefficient (Wildman–Crippen LogP) is 5.54. The molecule has 9 heteroatoms. The number of rotatable bonds is 6. The summed E-state index contributed by atoms with van der Waals surface area (Å²) in [7, 11) is -0.667. The molecule has 1 aromatic heterocycles.